The Morgan fingerprint density at radius 2 is 1.94 bits per heavy atom. The van der Waals surface area contributed by atoms with Gasteiger partial charge in [-0.05, 0) is 37.6 Å². The van der Waals surface area contributed by atoms with Crippen molar-refractivity contribution in [1.29, 1.82) is 0 Å². The van der Waals surface area contributed by atoms with E-state index in [4.69, 9.17) is 0 Å². The van der Waals surface area contributed by atoms with Gasteiger partial charge in [-0.15, -0.1) is 0 Å². The van der Waals surface area contributed by atoms with Gasteiger partial charge < -0.3 is 10.2 Å². The number of hydrogen-bond donors (Lipinski definition) is 1. The Morgan fingerprint density at radius 3 is 2.65 bits per heavy atom. The lowest BCUT2D eigenvalue weighted by atomic mass is 10.2. The second-order valence-electron chi connectivity index (χ2n) is 4.31. The Morgan fingerprint density at radius 1 is 1.18 bits per heavy atom. The fourth-order valence-corrected chi connectivity index (χ4v) is 2.11. The Bertz CT molecular complexity index is 277. The van der Waals surface area contributed by atoms with E-state index in [1.165, 1.54) is 24.3 Å². The molecule has 0 fully saturated rings. The number of nitrogens with zero attached hydrogens (tertiary/aromatic N) is 1. The summed E-state index contributed by atoms with van der Waals surface area (Å²) in [5, 5.41) is 3.48. The molecule has 0 bridgehead atoms. The Labute approximate surface area is 110 Å². The summed E-state index contributed by atoms with van der Waals surface area (Å²) in [5.41, 5.74) is 1.36. The van der Waals surface area contributed by atoms with Gasteiger partial charge in [0.25, 0.3) is 0 Å². The largest absolute Gasteiger partial charge is 0.311 e. The maximum absolute atomic E-state index is 3.48. The van der Waals surface area contributed by atoms with E-state index >= 15 is 0 Å². The highest BCUT2D eigenvalue weighted by Gasteiger charge is 1.97. The van der Waals surface area contributed by atoms with Gasteiger partial charge in [-0.2, -0.15) is 11.8 Å². The Balaban J connectivity index is 2.00. The predicted octanol–water partition coefficient (Wildman–Crippen LogP) is 2.46. The average Bonchev–Trinajstić information content (AvgIpc) is 2.36. The number of rotatable bonds is 9. The first-order valence-electron chi connectivity index (χ1n) is 6.25. The van der Waals surface area contributed by atoms with Crippen molar-refractivity contribution in [2.45, 2.75) is 13.0 Å². The van der Waals surface area contributed by atoms with Crippen molar-refractivity contribution in [3.63, 3.8) is 0 Å². The molecule has 96 valence electrons. The normalized spacial score (nSPS) is 11.0. The Kier molecular flexibility index (Phi) is 8.14. The van der Waals surface area contributed by atoms with Crippen LogP contribution >= 0.6 is 11.8 Å². The summed E-state index contributed by atoms with van der Waals surface area (Å²) < 4.78 is 0. The molecule has 0 amide bonds. The lowest BCUT2D eigenvalue weighted by Gasteiger charge is -2.16. The van der Waals surface area contributed by atoms with Gasteiger partial charge in [-0.1, -0.05) is 30.3 Å². The van der Waals surface area contributed by atoms with Crippen LogP contribution in [0.5, 0.6) is 0 Å². The van der Waals surface area contributed by atoms with Crippen LogP contribution in [0.3, 0.4) is 0 Å². The summed E-state index contributed by atoms with van der Waals surface area (Å²) in [6.45, 7) is 4.36. The molecule has 0 unspecified atom stereocenters. The minimum Gasteiger partial charge on any atom is -0.311 e. The molecule has 0 saturated carbocycles. The topological polar surface area (TPSA) is 15.3 Å². The summed E-state index contributed by atoms with van der Waals surface area (Å²) >= 11 is 1.93. The van der Waals surface area contributed by atoms with Crippen molar-refractivity contribution < 1.29 is 0 Å². The number of benzene rings is 1. The van der Waals surface area contributed by atoms with Crippen LogP contribution in [0, 0.1) is 0 Å². The highest BCUT2D eigenvalue weighted by atomic mass is 32.2. The highest BCUT2D eigenvalue weighted by Crippen LogP contribution is 1.98. The van der Waals surface area contributed by atoms with E-state index in [9.17, 15) is 0 Å². The number of likely N-dealkylation sites (N-methyl/N-ethyl adjacent to an activating group) is 1. The van der Waals surface area contributed by atoms with Gasteiger partial charge in [-0.3, -0.25) is 0 Å². The zero-order chi connectivity index (χ0) is 12.3. The monoisotopic (exact) mass is 252 g/mol. The third-order valence-electron chi connectivity index (χ3n) is 2.73. The molecule has 0 aliphatic heterocycles. The van der Waals surface area contributed by atoms with Crippen LogP contribution in [0.4, 0.5) is 0 Å². The molecular formula is C14H24N2S. The van der Waals surface area contributed by atoms with Gasteiger partial charge in [0.2, 0.25) is 0 Å². The summed E-state index contributed by atoms with van der Waals surface area (Å²) in [6, 6.07) is 10.6. The molecule has 1 aromatic rings. The molecule has 0 heterocycles. The van der Waals surface area contributed by atoms with Gasteiger partial charge in [0, 0.05) is 19.6 Å². The lowest BCUT2D eigenvalue weighted by molar-refractivity contribution is 0.333. The van der Waals surface area contributed by atoms with Crippen LogP contribution in [-0.4, -0.2) is 43.6 Å². The summed E-state index contributed by atoms with van der Waals surface area (Å²) in [4.78, 5) is 2.40. The zero-order valence-electron chi connectivity index (χ0n) is 11.0. The summed E-state index contributed by atoms with van der Waals surface area (Å²) in [7, 11) is 2.20. The van der Waals surface area contributed by atoms with Crippen molar-refractivity contribution in [3.05, 3.63) is 35.9 Å². The van der Waals surface area contributed by atoms with Crippen LogP contribution in [0.2, 0.25) is 0 Å². The van der Waals surface area contributed by atoms with Crippen LogP contribution < -0.4 is 5.32 Å². The molecular weight excluding hydrogens is 228 g/mol. The maximum Gasteiger partial charge on any atom is 0.0206 e. The summed E-state index contributed by atoms with van der Waals surface area (Å²) in [5.74, 6) is 1.27. The third kappa shape index (κ3) is 7.42. The number of nitrogens with one attached hydrogen (secondary N) is 1. The van der Waals surface area contributed by atoms with Crippen molar-refractivity contribution in [2.24, 2.45) is 0 Å². The quantitative estimate of drug-likeness (QED) is 0.680. The molecule has 0 spiro atoms. The molecule has 1 N–H and O–H groups in total. The van der Waals surface area contributed by atoms with E-state index in [2.05, 4.69) is 53.9 Å². The van der Waals surface area contributed by atoms with E-state index in [0.29, 0.717) is 0 Å². The lowest BCUT2D eigenvalue weighted by Crippen LogP contribution is -2.29. The molecule has 1 aromatic carbocycles. The minimum atomic E-state index is 0.972. The number of thioether (sulfide) groups is 1. The van der Waals surface area contributed by atoms with Crippen molar-refractivity contribution >= 4 is 11.8 Å². The predicted molar refractivity (Wildman–Crippen MR) is 78.6 cm³/mol. The first-order chi connectivity index (χ1) is 8.33. The van der Waals surface area contributed by atoms with Gasteiger partial charge in [0.15, 0.2) is 0 Å². The molecule has 17 heavy (non-hydrogen) atoms. The van der Waals surface area contributed by atoms with E-state index in [0.717, 1.165) is 19.6 Å². The highest BCUT2D eigenvalue weighted by molar-refractivity contribution is 7.98. The summed E-state index contributed by atoms with van der Waals surface area (Å²) in [6.07, 6.45) is 3.46. The fraction of sp³-hybridized carbons (Fsp3) is 0.571. The second kappa shape index (κ2) is 9.51. The molecule has 0 radical (unpaired) electrons. The molecule has 0 atom stereocenters. The van der Waals surface area contributed by atoms with Crippen LogP contribution in [0.25, 0.3) is 0 Å². The first kappa shape index (κ1) is 14.6. The molecule has 0 saturated heterocycles. The molecule has 0 aromatic heterocycles. The van der Waals surface area contributed by atoms with Gasteiger partial charge in [0.05, 0.1) is 0 Å². The molecule has 3 heteroatoms. The van der Waals surface area contributed by atoms with E-state index < -0.39 is 0 Å². The third-order valence-corrected chi connectivity index (χ3v) is 3.43. The van der Waals surface area contributed by atoms with Crippen LogP contribution in [0.15, 0.2) is 30.3 Å². The standard InChI is InChI=1S/C14H24N2S/c1-16(10-6-12-17-2)11-9-15-13-14-7-4-3-5-8-14/h3-5,7-8,15H,6,9-13H2,1-2H3. The average molecular weight is 252 g/mol. The minimum absolute atomic E-state index is 0.972. The van der Waals surface area contributed by atoms with Gasteiger partial charge >= 0.3 is 0 Å². The molecule has 1 rings (SSSR count). The van der Waals surface area contributed by atoms with Crippen molar-refractivity contribution in [3.8, 4) is 0 Å². The van der Waals surface area contributed by atoms with E-state index in [1.54, 1.807) is 0 Å². The number of hydrogen-bond acceptors (Lipinski definition) is 3. The first-order valence-corrected chi connectivity index (χ1v) is 7.64. The smallest absolute Gasteiger partial charge is 0.0206 e. The Hall–Kier alpha value is -0.510. The van der Waals surface area contributed by atoms with Crippen molar-refractivity contribution in [1.82, 2.24) is 10.2 Å². The molecule has 0 aliphatic rings. The SMILES string of the molecule is CSCCCN(C)CCNCc1ccccc1. The second-order valence-corrected chi connectivity index (χ2v) is 5.30. The van der Waals surface area contributed by atoms with E-state index in [-0.39, 0.29) is 0 Å². The maximum atomic E-state index is 3.48. The molecule has 2 nitrogen and oxygen atoms in total. The van der Waals surface area contributed by atoms with Crippen LogP contribution in [-0.2, 0) is 6.54 Å². The zero-order valence-corrected chi connectivity index (χ0v) is 11.8. The molecule has 0 aliphatic carbocycles. The van der Waals surface area contributed by atoms with E-state index in [1.807, 2.05) is 11.8 Å². The van der Waals surface area contributed by atoms with Crippen molar-refractivity contribution in [2.75, 3.05) is 38.7 Å². The van der Waals surface area contributed by atoms with Gasteiger partial charge in [0.1, 0.15) is 0 Å². The fourth-order valence-electron chi connectivity index (χ4n) is 1.69. The van der Waals surface area contributed by atoms with Crippen LogP contribution in [0.1, 0.15) is 12.0 Å². The van der Waals surface area contributed by atoms with Gasteiger partial charge in [-0.25, -0.2) is 0 Å².